The van der Waals surface area contributed by atoms with Crippen LogP contribution in [0.4, 0.5) is 0 Å². The van der Waals surface area contributed by atoms with E-state index >= 15 is 0 Å². The van der Waals surface area contributed by atoms with Gasteiger partial charge in [-0.3, -0.25) is 10.1 Å². The Labute approximate surface area is 172 Å². The highest BCUT2D eigenvalue weighted by atomic mass is 16.5. The highest BCUT2D eigenvalue weighted by molar-refractivity contribution is 5.78. The van der Waals surface area contributed by atoms with Crippen molar-refractivity contribution in [2.24, 2.45) is 0 Å². The van der Waals surface area contributed by atoms with Crippen molar-refractivity contribution in [3.8, 4) is 5.75 Å². The molecule has 0 aromatic heterocycles. The molecule has 4 nitrogen and oxygen atoms in total. The van der Waals surface area contributed by atoms with Crippen molar-refractivity contribution in [2.75, 3.05) is 13.7 Å². The van der Waals surface area contributed by atoms with Crippen molar-refractivity contribution in [1.82, 2.24) is 10.6 Å². The lowest BCUT2D eigenvalue weighted by atomic mass is 9.97. The lowest BCUT2D eigenvalue weighted by Crippen LogP contribution is -2.35. The molecular formula is C25H28N2O2. The predicted octanol–water partition coefficient (Wildman–Crippen LogP) is 4.31. The third kappa shape index (κ3) is 5.93. The monoisotopic (exact) mass is 388 g/mol. The third-order valence-corrected chi connectivity index (χ3v) is 4.90. The summed E-state index contributed by atoms with van der Waals surface area (Å²) >= 11 is 0. The van der Waals surface area contributed by atoms with Crippen molar-refractivity contribution in [3.63, 3.8) is 0 Å². The van der Waals surface area contributed by atoms with Crippen molar-refractivity contribution in [1.29, 1.82) is 0 Å². The molecule has 0 bridgehead atoms. The lowest BCUT2D eigenvalue weighted by molar-refractivity contribution is -0.120. The first-order valence-electron chi connectivity index (χ1n) is 9.81. The summed E-state index contributed by atoms with van der Waals surface area (Å²) in [5, 5.41) is 6.39. The SMILES string of the molecule is COc1ccc(C(NCC(=O)NCc2cccc(C)c2)c2ccc(C)cc2)cc1. The summed E-state index contributed by atoms with van der Waals surface area (Å²) in [6.07, 6.45) is 0. The second-order valence-corrected chi connectivity index (χ2v) is 7.26. The largest absolute Gasteiger partial charge is 0.497 e. The van der Waals surface area contributed by atoms with Gasteiger partial charge in [-0.15, -0.1) is 0 Å². The number of aryl methyl sites for hydroxylation is 2. The number of carbonyl (C=O) groups is 1. The number of carbonyl (C=O) groups excluding carboxylic acids is 1. The summed E-state index contributed by atoms with van der Waals surface area (Å²) < 4.78 is 5.27. The number of ether oxygens (including phenoxy) is 1. The number of hydrogen-bond donors (Lipinski definition) is 2. The van der Waals surface area contributed by atoms with Crippen LogP contribution in [0.3, 0.4) is 0 Å². The molecule has 1 unspecified atom stereocenters. The second kappa shape index (κ2) is 9.89. The number of rotatable bonds is 8. The van der Waals surface area contributed by atoms with Gasteiger partial charge in [-0.05, 0) is 42.7 Å². The van der Waals surface area contributed by atoms with Gasteiger partial charge in [-0.25, -0.2) is 0 Å². The Balaban J connectivity index is 1.67. The van der Waals surface area contributed by atoms with Gasteiger partial charge in [0.25, 0.3) is 0 Å². The third-order valence-electron chi connectivity index (χ3n) is 4.90. The zero-order chi connectivity index (χ0) is 20.6. The zero-order valence-corrected chi connectivity index (χ0v) is 17.2. The fourth-order valence-corrected chi connectivity index (χ4v) is 3.26. The van der Waals surface area contributed by atoms with E-state index in [1.165, 1.54) is 11.1 Å². The van der Waals surface area contributed by atoms with E-state index in [2.05, 4.69) is 47.9 Å². The van der Waals surface area contributed by atoms with E-state index in [1.807, 2.05) is 49.4 Å². The molecule has 0 saturated heterocycles. The Morgan fingerprint density at radius 2 is 1.55 bits per heavy atom. The Hall–Kier alpha value is -3.11. The van der Waals surface area contributed by atoms with Gasteiger partial charge in [0, 0.05) is 6.54 Å². The molecule has 150 valence electrons. The normalized spacial score (nSPS) is 11.7. The first-order valence-corrected chi connectivity index (χ1v) is 9.81. The molecule has 0 aliphatic heterocycles. The summed E-state index contributed by atoms with van der Waals surface area (Å²) in [4.78, 5) is 12.4. The molecular weight excluding hydrogens is 360 g/mol. The van der Waals surface area contributed by atoms with Crippen LogP contribution in [0.5, 0.6) is 5.75 Å². The summed E-state index contributed by atoms with van der Waals surface area (Å²) in [6, 6.07) is 24.4. The van der Waals surface area contributed by atoms with Gasteiger partial charge in [0.2, 0.25) is 5.91 Å². The number of amides is 1. The van der Waals surface area contributed by atoms with Gasteiger partial charge in [0.15, 0.2) is 0 Å². The average Bonchev–Trinajstić information content (AvgIpc) is 2.74. The first kappa shape index (κ1) is 20.6. The Kier molecular flexibility index (Phi) is 7.04. The smallest absolute Gasteiger partial charge is 0.234 e. The number of nitrogens with one attached hydrogen (secondary N) is 2. The van der Waals surface area contributed by atoms with Crippen molar-refractivity contribution < 1.29 is 9.53 Å². The molecule has 0 aliphatic carbocycles. The van der Waals surface area contributed by atoms with Crippen molar-refractivity contribution in [2.45, 2.75) is 26.4 Å². The van der Waals surface area contributed by atoms with Gasteiger partial charge in [-0.2, -0.15) is 0 Å². The fraction of sp³-hybridized carbons (Fsp3) is 0.240. The van der Waals surface area contributed by atoms with Crippen LogP contribution >= 0.6 is 0 Å². The summed E-state index contributed by atoms with van der Waals surface area (Å²) in [5.41, 5.74) is 5.70. The maximum atomic E-state index is 12.4. The van der Waals surface area contributed by atoms with Gasteiger partial charge in [0.1, 0.15) is 5.75 Å². The molecule has 3 aromatic carbocycles. The van der Waals surface area contributed by atoms with Crippen LogP contribution in [0.1, 0.15) is 33.9 Å². The summed E-state index contributed by atoms with van der Waals surface area (Å²) in [5.74, 6) is 0.782. The molecule has 0 spiro atoms. The minimum atomic E-state index is -0.0776. The molecule has 0 aliphatic rings. The van der Waals surface area contributed by atoms with E-state index in [4.69, 9.17) is 4.74 Å². The molecule has 3 rings (SSSR count). The molecule has 0 heterocycles. The van der Waals surface area contributed by atoms with Crippen LogP contribution in [-0.2, 0) is 11.3 Å². The molecule has 1 atom stereocenters. The highest BCUT2D eigenvalue weighted by Gasteiger charge is 2.15. The Morgan fingerprint density at radius 1 is 0.897 bits per heavy atom. The van der Waals surface area contributed by atoms with Crippen LogP contribution in [0.25, 0.3) is 0 Å². The van der Waals surface area contributed by atoms with E-state index in [9.17, 15) is 4.79 Å². The van der Waals surface area contributed by atoms with Gasteiger partial charge >= 0.3 is 0 Å². The molecule has 29 heavy (non-hydrogen) atoms. The van der Waals surface area contributed by atoms with Crippen LogP contribution in [-0.4, -0.2) is 19.6 Å². The number of hydrogen-bond acceptors (Lipinski definition) is 3. The molecule has 0 radical (unpaired) electrons. The van der Waals surface area contributed by atoms with Crippen molar-refractivity contribution >= 4 is 5.91 Å². The second-order valence-electron chi connectivity index (χ2n) is 7.26. The maximum Gasteiger partial charge on any atom is 0.234 e. The number of benzene rings is 3. The Morgan fingerprint density at radius 3 is 2.17 bits per heavy atom. The van der Waals surface area contributed by atoms with Crippen LogP contribution < -0.4 is 15.4 Å². The molecule has 0 fully saturated rings. The summed E-state index contributed by atoms with van der Waals surface area (Å²) in [6.45, 7) is 4.88. The van der Waals surface area contributed by atoms with E-state index in [0.717, 1.165) is 22.4 Å². The fourth-order valence-electron chi connectivity index (χ4n) is 3.26. The summed E-state index contributed by atoms with van der Waals surface area (Å²) in [7, 11) is 1.66. The number of methoxy groups -OCH3 is 1. The van der Waals surface area contributed by atoms with Crippen molar-refractivity contribution in [3.05, 3.63) is 101 Å². The molecule has 2 N–H and O–H groups in total. The molecule has 1 amide bonds. The van der Waals surface area contributed by atoms with E-state index < -0.39 is 0 Å². The minimum absolute atomic E-state index is 0.0304. The van der Waals surface area contributed by atoms with E-state index in [-0.39, 0.29) is 18.5 Å². The maximum absolute atomic E-state index is 12.4. The molecule has 3 aromatic rings. The predicted molar refractivity (Wildman–Crippen MR) is 117 cm³/mol. The Bertz CT molecular complexity index is 934. The highest BCUT2D eigenvalue weighted by Crippen LogP contribution is 2.24. The quantitative estimate of drug-likeness (QED) is 0.605. The average molecular weight is 389 g/mol. The topological polar surface area (TPSA) is 50.4 Å². The van der Waals surface area contributed by atoms with Crippen LogP contribution in [0, 0.1) is 13.8 Å². The van der Waals surface area contributed by atoms with Gasteiger partial charge < -0.3 is 10.1 Å². The van der Waals surface area contributed by atoms with Gasteiger partial charge in [-0.1, -0.05) is 71.8 Å². The molecule has 4 heteroatoms. The zero-order valence-electron chi connectivity index (χ0n) is 17.2. The van der Waals surface area contributed by atoms with Gasteiger partial charge in [0.05, 0.1) is 19.7 Å². The minimum Gasteiger partial charge on any atom is -0.497 e. The lowest BCUT2D eigenvalue weighted by Gasteiger charge is -2.20. The molecule has 0 saturated carbocycles. The van der Waals surface area contributed by atoms with Crippen LogP contribution in [0.2, 0.25) is 0 Å². The standard InChI is InChI=1S/C25H28N2O2/c1-18-7-9-21(10-8-18)25(22-11-13-23(29-3)14-12-22)27-17-24(28)26-16-20-6-4-5-19(2)15-20/h4-15,25,27H,16-17H2,1-3H3,(H,26,28). The van der Waals surface area contributed by atoms with E-state index in [1.54, 1.807) is 7.11 Å². The first-order chi connectivity index (χ1) is 14.0. The van der Waals surface area contributed by atoms with E-state index in [0.29, 0.717) is 6.54 Å². The van der Waals surface area contributed by atoms with Crippen LogP contribution in [0.15, 0.2) is 72.8 Å².